The summed E-state index contributed by atoms with van der Waals surface area (Å²) >= 11 is 4.46. The van der Waals surface area contributed by atoms with Crippen LogP contribution in [0.1, 0.15) is 62.1 Å². The van der Waals surface area contributed by atoms with Gasteiger partial charge in [-0.2, -0.15) is 0 Å². The summed E-state index contributed by atoms with van der Waals surface area (Å²) < 4.78 is 0.465. The first-order chi connectivity index (χ1) is 12.8. The Kier molecular flexibility index (Phi) is 4.77. The molecule has 0 aromatic heterocycles. The van der Waals surface area contributed by atoms with Gasteiger partial charge in [-0.1, -0.05) is 30.7 Å². The molecule has 26 heavy (non-hydrogen) atoms. The summed E-state index contributed by atoms with van der Waals surface area (Å²) in [6.07, 6.45) is 9.74. The number of rotatable bonds is 2. The highest BCUT2D eigenvalue weighted by molar-refractivity contribution is 8.21. The number of hydrogen-bond donors (Lipinski definition) is 1. The predicted molar refractivity (Wildman–Crippen MR) is 111 cm³/mol. The van der Waals surface area contributed by atoms with Crippen molar-refractivity contribution in [1.82, 2.24) is 5.32 Å². The zero-order chi connectivity index (χ0) is 17.6. The lowest BCUT2D eigenvalue weighted by Crippen LogP contribution is -2.50. The number of aryl methyl sites for hydroxylation is 1. The summed E-state index contributed by atoms with van der Waals surface area (Å²) in [6, 6.07) is 8.93. The van der Waals surface area contributed by atoms with Crippen molar-refractivity contribution in [1.29, 1.82) is 0 Å². The normalized spacial score (nSPS) is 35.1. The van der Waals surface area contributed by atoms with Gasteiger partial charge in [0.25, 0.3) is 0 Å². The number of hydrogen-bond acceptors (Lipinski definition) is 3. The molecule has 2 saturated carbocycles. The summed E-state index contributed by atoms with van der Waals surface area (Å²) in [4.78, 5) is 13.2. The zero-order valence-corrected chi connectivity index (χ0v) is 17.0. The van der Waals surface area contributed by atoms with E-state index in [4.69, 9.17) is 0 Å². The fourth-order valence-electron chi connectivity index (χ4n) is 6.02. The Bertz CT molecular complexity index is 668. The van der Waals surface area contributed by atoms with E-state index in [1.807, 2.05) is 0 Å². The number of carbonyl (C=O) groups is 1. The van der Waals surface area contributed by atoms with Gasteiger partial charge in [-0.05, 0) is 67.9 Å². The predicted octanol–water partition coefficient (Wildman–Crippen LogP) is 5.18. The fourth-order valence-corrected chi connectivity index (χ4v) is 9.95. The molecule has 0 radical (unpaired) electrons. The molecule has 4 heteroatoms. The second kappa shape index (κ2) is 7.09. The first kappa shape index (κ1) is 17.5. The van der Waals surface area contributed by atoms with Gasteiger partial charge in [0.2, 0.25) is 5.91 Å². The van der Waals surface area contributed by atoms with Gasteiger partial charge in [0, 0.05) is 17.4 Å². The second-order valence-electron chi connectivity index (χ2n) is 8.56. The maximum atomic E-state index is 13.2. The summed E-state index contributed by atoms with van der Waals surface area (Å²) in [6.45, 7) is 0. The van der Waals surface area contributed by atoms with Crippen LogP contribution < -0.4 is 5.32 Å². The van der Waals surface area contributed by atoms with Gasteiger partial charge in [0.05, 0.1) is 10.1 Å². The average molecular weight is 388 g/mol. The molecule has 1 aromatic rings. The van der Waals surface area contributed by atoms with Crippen LogP contribution in [0, 0.1) is 17.8 Å². The largest absolute Gasteiger partial charge is 0.349 e. The number of thioether (sulfide) groups is 2. The quantitative estimate of drug-likeness (QED) is 0.758. The van der Waals surface area contributed by atoms with Crippen molar-refractivity contribution in [3.05, 3.63) is 35.4 Å². The lowest BCUT2D eigenvalue weighted by Gasteiger charge is -2.52. The molecule has 1 aromatic carbocycles. The standard InChI is InChI=1S/C22H29NOS2/c24-21(23-20-10-3-6-15-5-1-2-9-19(15)20)16-13-17-7-4-8-18(14-16)22(17)25-11-12-26-22/h1-2,5,9,16-18,20H,3-4,6-8,10-14H2,(H,23,24)/t16?,17-,18+,20-/m1/s1. The SMILES string of the molecule is O=C(N[C@@H]1CCCc2ccccc21)C1C[C@H]2CCC[C@@H](C1)C21SCCS1. The Balaban J connectivity index is 1.30. The van der Waals surface area contributed by atoms with Crippen LogP contribution in [0.15, 0.2) is 24.3 Å². The molecule has 4 aliphatic rings. The molecule has 1 spiro atoms. The summed E-state index contributed by atoms with van der Waals surface area (Å²) in [7, 11) is 0. The lowest BCUT2D eigenvalue weighted by molar-refractivity contribution is -0.128. The van der Waals surface area contributed by atoms with Crippen LogP contribution in [0.4, 0.5) is 0 Å². The zero-order valence-electron chi connectivity index (χ0n) is 15.4. The van der Waals surface area contributed by atoms with Gasteiger partial charge < -0.3 is 5.32 Å². The van der Waals surface area contributed by atoms with Crippen molar-refractivity contribution in [2.75, 3.05) is 11.5 Å². The third kappa shape index (κ3) is 2.92. The summed E-state index contributed by atoms with van der Waals surface area (Å²) in [5.74, 6) is 4.71. The van der Waals surface area contributed by atoms with Gasteiger partial charge in [0.15, 0.2) is 0 Å². The molecule has 5 rings (SSSR count). The molecule has 140 valence electrons. The van der Waals surface area contributed by atoms with Gasteiger partial charge in [-0.15, -0.1) is 23.5 Å². The molecule has 1 amide bonds. The molecule has 2 nitrogen and oxygen atoms in total. The van der Waals surface area contributed by atoms with Gasteiger partial charge in [0.1, 0.15) is 0 Å². The van der Waals surface area contributed by atoms with Crippen molar-refractivity contribution in [3.63, 3.8) is 0 Å². The number of benzene rings is 1. The summed E-state index contributed by atoms with van der Waals surface area (Å²) in [5, 5.41) is 3.46. The molecule has 3 aliphatic carbocycles. The summed E-state index contributed by atoms with van der Waals surface area (Å²) in [5.41, 5.74) is 2.80. The molecule has 1 heterocycles. The third-order valence-corrected chi connectivity index (χ3v) is 11.2. The minimum absolute atomic E-state index is 0.235. The maximum absolute atomic E-state index is 13.2. The first-order valence-corrected chi connectivity index (χ1v) is 12.4. The number of carbonyl (C=O) groups excluding carboxylic acids is 1. The van der Waals surface area contributed by atoms with E-state index in [0.29, 0.717) is 9.99 Å². The van der Waals surface area contributed by atoms with E-state index >= 15 is 0 Å². The lowest BCUT2D eigenvalue weighted by atomic mass is 9.66. The topological polar surface area (TPSA) is 29.1 Å². The molecule has 1 unspecified atom stereocenters. The minimum atomic E-state index is 0.235. The van der Waals surface area contributed by atoms with Crippen LogP contribution in [0.25, 0.3) is 0 Å². The average Bonchev–Trinajstić information content (AvgIpc) is 3.11. The molecular formula is C22H29NOS2. The van der Waals surface area contributed by atoms with Crippen LogP contribution in [0.2, 0.25) is 0 Å². The van der Waals surface area contributed by atoms with Gasteiger partial charge in [-0.3, -0.25) is 4.79 Å². The van der Waals surface area contributed by atoms with Gasteiger partial charge in [-0.25, -0.2) is 0 Å². The minimum Gasteiger partial charge on any atom is -0.349 e. The Hall–Kier alpha value is -0.610. The van der Waals surface area contributed by atoms with Crippen LogP contribution in [-0.4, -0.2) is 21.5 Å². The van der Waals surface area contributed by atoms with E-state index < -0.39 is 0 Å². The number of nitrogens with one attached hydrogen (secondary N) is 1. The van der Waals surface area contributed by atoms with E-state index in [0.717, 1.165) is 37.5 Å². The van der Waals surface area contributed by atoms with Crippen LogP contribution in [0.3, 0.4) is 0 Å². The van der Waals surface area contributed by atoms with E-state index in [-0.39, 0.29) is 12.0 Å². The van der Waals surface area contributed by atoms with Crippen molar-refractivity contribution >= 4 is 29.4 Å². The van der Waals surface area contributed by atoms with Gasteiger partial charge >= 0.3 is 0 Å². The molecule has 1 saturated heterocycles. The highest BCUT2D eigenvalue weighted by atomic mass is 32.2. The van der Waals surface area contributed by atoms with Crippen LogP contribution in [0.5, 0.6) is 0 Å². The van der Waals surface area contributed by atoms with Crippen molar-refractivity contribution < 1.29 is 4.79 Å². The second-order valence-corrected chi connectivity index (χ2v) is 11.6. The Morgan fingerprint density at radius 3 is 2.50 bits per heavy atom. The molecule has 1 N–H and O–H groups in total. The Morgan fingerprint density at radius 1 is 1.00 bits per heavy atom. The van der Waals surface area contributed by atoms with E-state index in [2.05, 4.69) is 53.1 Å². The highest BCUT2D eigenvalue weighted by Gasteiger charge is 2.55. The van der Waals surface area contributed by atoms with Crippen LogP contribution in [-0.2, 0) is 11.2 Å². The first-order valence-electron chi connectivity index (χ1n) is 10.4. The number of fused-ring (bicyclic) bond motifs is 1. The molecule has 4 atom stereocenters. The fraction of sp³-hybridized carbons (Fsp3) is 0.682. The third-order valence-electron chi connectivity index (χ3n) is 7.18. The number of amides is 1. The maximum Gasteiger partial charge on any atom is 0.223 e. The van der Waals surface area contributed by atoms with Crippen molar-refractivity contribution in [3.8, 4) is 0 Å². The molecule has 1 aliphatic heterocycles. The molecule has 2 bridgehead atoms. The molecule has 3 fully saturated rings. The van der Waals surface area contributed by atoms with E-state index in [9.17, 15) is 4.79 Å². The molecular weight excluding hydrogens is 358 g/mol. The monoisotopic (exact) mass is 387 g/mol. The Labute approximate surface area is 165 Å². The highest BCUT2D eigenvalue weighted by Crippen LogP contribution is 2.64. The van der Waals surface area contributed by atoms with Crippen LogP contribution >= 0.6 is 23.5 Å². The van der Waals surface area contributed by atoms with Crippen molar-refractivity contribution in [2.24, 2.45) is 17.8 Å². The van der Waals surface area contributed by atoms with E-state index in [1.54, 1.807) is 0 Å². The Morgan fingerprint density at radius 2 is 1.73 bits per heavy atom. The smallest absolute Gasteiger partial charge is 0.223 e. The van der Waals surface area contributed by atoms with Crippen molar-refractivity contribution in [2.45, 2.75) is 61.5 Å². The van der Waals surface area contributed by atoms with E-state index in [1.165, 1.54) is 48.3 Å².